The van der Waals surface area contributed by atoms with Gasteiger partial charge >= 0.3 is 0 Å². The SMILES string of the molecule is Cc1cnc(C(C)NCCn2ccnc2C)s1. The summed E-state index contributed by atoms with van der Waals surface area (Å²) in [5.41, 5.74) is 0. The Morgan fingerprint density at radius 3 is 2.82 bits per heavy atom. The summed E-state index contributed by atoms with van der Waals surface area (Å²) >= 11 is 1.75. The average Bonchev–Trinajstić information content (AvgIpc) is 2.88. The van der Waals surface area contributed by atoms with Gasteiger partial charge in [0.1, 0.15) is 10.8 Å². The van der Waals surface area contributed by atoms with Crippen LogP contribution in [0.2, 0.25) is 0 Å². The van der Waals surface area contributed by atoms with Crippen LogP contribution in [0.15, 0.2) is 18.6 Å². The van der Waals surface area contributed by atoms with Gasteiger partial charge in [-0.3, -0.25) is 0 Å². The number of nitrogens with zero attached hydrogens (tertiary/aromatic N) is 3. The van der Waals surface area contributed by atoms with E-state index in [0.717, 1.165) is 23.9 Å². The molecule has 0 aliphatic rings. The maximum absolute atomic E-state index is 4.39. The standard InChI is InChI=1S/C12H18N4S/c1-9-8-15-12(17-9)10(2)13-4-6-16-7-5-14-11(16)3/h5,7-8,10,13H,4,6H2,1-3H3. The molecule has 4 nitrogen and oxygen atoms in total. The quantitative estimate of drug-likeness (QED) is 0.885. The predicted molar refractivity (Wildman–Crippen MR) is 70.2 cm³/mol. The topological polar surface area (TPSA) is 42.7 Å². The zero-order valence-corrected chi connectivity index (χ0v) is 11.3. The third-order valence-corrected chi connectivity index (χ3v) is 3.83. The van der Waals surface area contributed by atoms with E-state index in [1.165, 1.54) is 4.88 Å². The number of imidazole rings is 1. The van der Waals surface area contributed by atoms with E-state index in [4.69, 9.17) is 0 Å². The molecule has 0 fully saturated rings. The summed E-state index contributed by atoms with van der Waals surface area (Å²) in [6, 6.07) is 0.317. The minimum atomic E-state index is 0.317. The van der Waals surface area contributed by atoms with Crippen molar-refractivity contribution in [2.75, 3.05) is 6.54 Å². The van der Waals surface area contributed by atoms with E-state index in [-0.39, 0.29) is 0 Å². The fraction of sp³-hybridized carbons (Fsp3) is 0.500. The average molecular weight is 250 g/mol. The van der Waals surface area contributed by atoms with Crippen LogP contribution in [0.25, 0.3) is 0 Å². The molecule has 1 N–H and O–H groups in total. The van der Waals surface area contributed by atoms with Crippen LogP contribution < -0.4 is 5.32 Å². The summed E-state index contributed by atoms with van der Waals surface area (Å²) in [7, 11) is 0. The van der Waals surface area contributed by atoms with Crippen molar-refractivity contribution in [3.8, 4) is 0 Å². The van der Waals surface area contributed by atoms with Crippen molar-refractivity contribution in [1.82, 2.24) is 19.9 Å². The third-order valence-electron chi connectivity index (χ3n) is 2.74. The molecule has 92 valence electrons. The second-order valence-electron chi connectivity index (χ2n) is 4.15. The fourth-order valence-electron chi connectivity index (χ4n) is 1.70. The van der Waals surface area contributed by atoms with Gasteiger partial charge in [0.15, 0.2) is 0 Å². The summed E-state index contributed by atoms with van der Waals surface area (Å²) in [6.07, 6.45) is 5.77. The van der Waals surface area contributed by atoms with Crippen LogP contribution in [0.1, 0.15) is 28.7 Å². The lowest BCUT2D eigenvalue weighted by Gasteiger charge is -2.11. The molecule has 17 heavy (non-hydrogen) atoms. The molecule has 0 aliphatic heterocycles. The molecule has 0 radical (unpaired) electrons. The molecule has 0 amide bonds. The van der Waals surface area contributed by atoms with Crippen LogP contribution in [0.4, 0.5) is 0 Å². The van der Waals surface area contributed by atoms with Crippen LogP contribution in [-0.4, -0.2) is 21.1 Å². The van der Waals surface area contributed by atoms with Gasteiger partial charge < -0.3 is 9.88 Å². The van der Waals surface area contributed by atoms with Gasteiger partial charge in [-0.25, -0.2) is 9.97 Å². The number of hydrogen-bond donors (Lipinski definition) is 1. The minimum Gasteiger partial charge on any atom is -0.334 e. The van der Waals surface area contributed by atoms with E-state index in [1.54, 1.807) is 11.3 Å². The van der Waals surface area contributed by atoms with Crippen LogP contribution in [0.5, 0.6) is 0 Å². The lowest BCUT2D eigenvalue weighted by molar-refractivity contribution is 0.524. The zero-order chi connectivity index (χ0) is 12.3. The van der Waals surface area contributed by atoms with Crippen LogP contribution >= 0.6 is 11.3 Å². The molecule has 1 atom stereocenters. The van der Waals surface area contributed by atoms with Crippen molar-refractivity contribution in [3.05, 3.63) is 34.3 Å². The Balaban J connectivity index is 1.81. The molecular formula is C12H18N4S. The number of aromatic nitrogens is 3. The highest BCUT2D eigenvalue weighted by molar-refractivity contribution is 7.11. The Kier molecular flexibility index (Phi) is 3.91. The van der Waals surface area contributed by atoms with E-state index >= 15 is 0 Å². The Bertz CT molecular complexity index is 474. The van der Waals surface area contributed by atoms with Crippen molar-refractivity contribution in [1.29, 1.82) is 0 Å². The number of thiazole rings is 1. The van der Waals surface area contributed by atoms with E-state index in [9.17, 15) is 0 Å². The molecule has 2 rings (SSSR count). The van der Waals surface area contributed by atoms with E-state index in [2.05, 4.69) is 33.7 Å². The van der Waals surface area contributed by atoms with Gasteiger partial charge in [0.05, 0.1) is 6.04 Å². The molecule has 0 bridgehead atoms. The third kappa shape index (κ3) is 3.14. The maximum Gasteiger partial charge on any atom is 0.109 e. The van der Waals surface area contributed by atoms with Gasteiger partial charge in [-0.05, 0) is 20.8 Å². The van der Waals surface area contributed by atoms with Gasteiger partial charge in [0.25, 0.3) is 0 Å². The van der Waals surface area contributed by atoms with Crippen LogP contribution in [-0.2, 0) is 6.54 Å². The van der Waals surface area contributed by atoms with Gasteiger partial charge in [-0.1, -0.05) is 0 Å². The van der Waals surface area contributed by atoms with Gasteiger partial charge in [0.2, 0.25) is 0 Å². The minimum absolute atomic E-state index is 0.317. The normalized spacial score (nSPS) is 12.9. The fourth-order valence-corrected chi connectivity index (χ4v) is 2.50. The largest absolute Gasteiger partial charge is 0.334 e. The molecule has 0 saturated carbocycles. The summed E-state index contributed by atoms with van der Waals surface area (Å²) in [4.78, 5) is 9.85. The predicted octanol–water partition coefficient (Wildman–Crippen LogP) is 2.31. The summed E-state index contributed by atoms with van der Waals surface area (Å²) in [6.45, 7) is 8.13. The monoisotopic (exact) mass is 250 g/mol. The Labute approximate surface area is 106 Å². The molecule has 0 saturated heterocycles. The number of hydrogen-bond acceptors (Lipinski definition) is 4. The molecule has 0 aliphatic carbocycles. The Morgan fingerprint density at radius 1 is 1.41 bits per heavy atom. The lowest BCUT2D eigenvalue weighted by Crippen LogP contribution is -2.23. The van der Waals surface area contributed by atoms with Crippen molar-refractivity contribution in [2.45, 2.75) is 33.4 Å². The molecule has 2 aromatic heterocycles. The summed E-state index contributed by atoms with van der Waals surface area (Å²) < 4.78 is 2.15. The first kappa shape index (κ1) is 12.3. The number of nitrogens with one attached hydrogen (secondary N) is 1. The van der Waals surface area contributed by atoms with Gasteiger partial charge in [0, 0.05) is 36.6 Å². The first-order chi connectivity index (χ1) is 8.16. The molecule has 1 unspecified atom stereocenters. The summed E-state index contributed by atoms with van der Waals surface area (Å²) in [5, 5.41) is 4.63. The van der Waals surface area contributed by atoms with Gasteiger partial charge in [-0.2, -0.15) is 0 Å². The number of rotatable bonds is 5. The maximum atomic E-state index is 4.39. The number of aryl methyl sites for hydroxylation is 2. The zero-order valence-electron chi connectivity index (χ0n) is 10.5. The van der Waals surface area contributed by atoms with E-state index < -0.39 is 0 Å². The molecule has 0 spiro atoms. The highest BCUT2D eigenvalue weighted by atomic mass is 32.1. The van der Waals surface area contributed by atoms with E-state index in [0.29, 0.717) is 6.04 Å². The van der Waals surface area contributed by atoms with E-state index in [1.807, 2.05) is 25.5 Å². The summed E-state index contributed by atoms with van der Waals surface area (Å²) in [5.74, 6) is 1.06. The van der Waals surface area contributed by atoms with Crippen LogP contribution in [0.3, 0.4) is 0 Å². The Hall–Kier alpha value is -1.20. The van der Waals surface area contributed by atoms with Gasteiger partial charge in [-0.15, -0.1) is 11.3 Å². The van der Waals surface area contributed by atoms with Crippen molar-refractivity contribution >= 4 is 11.3 Å². The second-order valence-corrected chi connectivity index (χ2v) is 5.42. The Morgan fingerprint density at radius 2 is 2.24 bits per heavy atom. The highest BCUT2D eigenvalue weighted by Crippen LogP contribution is 2.18. The molecule has 5 heteroatoms. The second kappa shape index (κ2) is 5.42. The highest BCUT2D eigenvalue weighted by Gasteiger charge is 2.08. The van der Waals surface area contributed by atoms with Crippen molar-refractivity contribution in [3.63, 3.8) is 0 Å². The molecule has 2 aromatic rings. The molecule has 2 heterocycles. The van der Waals surface area contributed by atoms with Crippen LogP contribution in [0, 0.1) is 13.8 Å². The first-order valence-corrected chi connectivity index (χ1v) is 6.62. The van der Waals surface area contributed by atoms with Crippen molar-refractivity contribution < 1.29 is 0 Å². The van der Waals surface area contributed by atoms with Crippen molar-refractivity contribution in [2.24, 2.45) is 0 Å². The first-order valence-electron chi connectivity index (χ1n) is 5.80. The smallest absolute Gasteiger partial charge is 0.109 e. The molecular weight excluding hydrogens is 232 g/mol. The lowest BCUT2D eigenvalue weighted by atomic mass is 10.3. The molecule has 0 aromatic carbocycles.